The normalized spacial score (nSPS) is 13.6. The molecule has 0 spiro atoms. The fourth-order valence-corrected chi connectivity index (χ4v) is 1.48. The summed E-state index contributed by atoms with van der Waals surface area (Å²) in [4.78, 5) is 11.7. The van der Waals surface area contributed by atoms with E-state index in [0.717, 1.165) is 5.56 Å². The van der Waals surface area contributed by atoms with E-state index in [0.29, 0.717) is 13.0 Å². The van der Waals surface area contributed by atoms with E-state index in [-0.39, 0.29) is 5.97 Å². The van der Waals surface area contributed by atoms with Gasteiger partial charge in [0, 0.05) is 0 Å². The Morgan fingerprint density at radius 2 is 2.06 bits per heavy atom. The van der Waals surface area contributed by atoms with Gasteiger partial charge in [0.05, 0.1) is 6.61 Å². The first-order chi connectivity index (χ1) is 7.62. The summed E-state index contributed by atoms with van der Waals surface area (Å²) in [5.74, 6) is 2.20. The highest BCUT2D eigenvalue weighted by molar-refractivity contribution is 5.80. The summed E-state index contributed by atoms with van der Waals surface area (Å²) in [6.45, 7) is 3.86. The lowest BCUT2D eigenvalue weighted by Gasteiger charge is -2.21. The van der Waals surface area contributed by atoms with Crippen LogP contribution in [0.5, 0.6) is 0 Å². The number of terminal acetylenes is 1. The molecule has 16 heavy (non-hydrogen) atoms. The minimum Gasteiger partial charge on any atom is -0.465 e. The lowest BCUT2D eigenvalue weighted by molar-refractivity contribution is -0.151. The maximum absolute atomic E-state index is 11.7. The van der Waals surface area contributed by atoms with Crippen LogP contribution < -0.4 is 0 Å². The van der Waals surface area contributed by atoms with E-state index < -0.39 is 5.41 Å². The van der Waals surface area contributed by atoms with Crippen molar-refractivity contribution in [3.05, 3.63) is 35.9 Å². The minimum atomic E-state index is -0.878. The van der Waals surface area contributed by atoms with Crippen LogP contribution in [0.4, 0.5) is 0 Å². The van der Waals surface area contributed by atoms with Gasteiger partial charge < -0.3 is 4.74 Å². The monoisotopic (exact) mass is 216 g/mol. The number of hydrogen-bond donors (Lipinski definition) is 0. The van der Waals surface area contributed by atoms with Crippen molar-refractivity contribution in [2.24, 2.45) is 5.41 Å². The fourth-order valence-electron chi connectivity index (χ4n) is 1.48. The Balaban J connectivity index is 2.83. The maximum Gasteiger partial charge on any atom is 0.324 e. The van der Waals surface area contributed by atoms with Crippen molar-refractivity contribution in [3.63, 3.8) is 0 Å². The number of benzene rings is 1. The van der Waals surface area contributed by atoms with E-state index in [2.05, 4.69) is 5.92 Å². The second kappa shape index (κ2) is 5.37. The summed E-state index contributed by atoms with van der Waals surface area (Å²) in [6, 6.07) is 9.69. The highest BCUT2D eigenvalue weighted by Crippen LogP contribution is 2.23. The topological polar surface area (TPSA) is 26.3 Å². The molecule has 0 heterocycles. The van der Waals surface area contributed by atoms with Crippen LogP contribution in [-0.2, 0) is 16.0 Å². The van der Waals surface area contributed by atoms with Gasteiger partial charge in [-0.05, 0) is 25.8 Å². The van der Waals surface area contributed by atoms with E-state index in [4.69, 9.17) is 11.2 Å². The second-order valence-electron chi connectivity index (χ2n) is 3.86. The zero-order chi connectivity index (χ0) is 12.0. The first kappa shape index (κ1) is 12.3. The van der Waals surface area contributed by atoms with Gasteiger partial charge in [-0.25, -0.2) is 0 Å². The number of esters is 1. The standard InChI is InChI=1S/C14H16O2/c1-4-14(3,13(15)16-5-2)11-12-9-7-6-8-10-12/h1,6-10H,5,11H2,2-3H3. The predicted octanol–water partition coefficient (Wildman–Crippen LogP) is 2.43. The Hall–Kier alpha value is -1.75. The van der Waals surface area contributed by atoms with Crippen LogP contribution in [-0.4, -0.2) is 12.6 Å². The van der Waals surface area contributed by atoms with Gasteiger partial charge in [-0.3, -0.25) is 4.79 Å². The molecule has 1 rings (SSSR count). The molecule has 0 saturated heterocycles. The van der Waals surface area contributed by atoms with Gasteiger partial charge in [0.2, 0.25) is 0 Å². The summed E-state index contributed by atoms with van der Waals surface area (Å²) in [5, 5.41) is 0. The Morgan fingerprint density at radius 1 is 1.44 bits per heavy atom. The number of ether oxygens (including phenoxy) is 1. The van der Waals surface area contributed by atoms with Gasteiger partial charge in [0.25, 0.3) is 0 Å². The van der Waals surface area contributed by atoms with Crippen molar-refractivity contribution in [1.82, 2.24) is 0 Å². The van der Waals surface area contributed by atoms with Crippen molar-refractivity contribution in [1.29, 1.82) is 0 Å². The minimum absolute atomic E-state index is 0.332. The Kier molecular flexibility index (Phi) is 4.13. The van der Waals surface area contributed by atoms with Crippen LogP contribution in [0.2, 0.25) is 0 Å². The molecule has 0 fully saturated rings. The van der Waals surface area contributed by atoms with Gasteiger partial charge in [-0.2, -0.15) is 0 Å². The van der Waals surface area contributed by atoms with Gasteiger partial charge in [0.1, 0.15) is 5.41 Å². The smallest absolute Gasteiger partial charge is 0.324 e. The number of carbonyl (C=O) groups is 1. The molecule has 0 amide bonds. The second-order valence-corrected chi connectivity index (χ2v) is 3.86. The maximum atomic E-state index is 11.7. The van der Waals surface area contributed by atoms with Crippen molar-refractivity contribution in [3.8, 4) is 12.3 Å². The molecule has 1 aromatic rings. The number of rotatable bonds is 4. The van der Waals surface area contributed by atoms with Crippen LogP contribution in [0, 0.1) is 17.8 Å². The lowest BCUT2D eigenvalue weighted by Crippen LogP contribution is -2.30. The van der Waals surface area contributed by atoms with Gasteiger partial charge in [0.15, 0.2) is 0 Å². The summed E-state index contributed by atoms with van der Waals surface area (Å²) in [7, 11) is 0. The van der Waals surface area contributed by atoms with E-state index in [1.54, 1.807) is 13.8 Å². The SMILES string of the molecule is C#CC(C)(Cc1ccccc1)C(=O)OCC. The molecule has 1 aromatic carbocycles. The Labute approximate surface area is 96.6 Å². The molecule has 0 radical (unpaired) electrons. The zero-order valence-corrected chi connectivity index (χ0v) is 9.69. The molecule has 0 saturated carbocycles. The molecule has 0 aliphatic rings. The molecule has 84 valence electrons. The van der Waals surface area contributed by atoms with Crippen molar-refractivity contribution in [2.75, 3.05) is 6.61 Å². The van der Waals surface area contributed by atoms with Crippen molar-refractivity contribution in [2.45, 2.75) is 20.3 Å². The van der Waals surface area contributed by atoms with Crippen LogP contribution in [0.3, 0.4) is 0 Å². The number of hydrogen-bond acceptors (Lipinski definition) is 2. The van der Waals surface area contributed by atoms with E-state index in [1.165, 1.54) is 0 Å². The van der Waals surface area contributed by atoms with Crippen LogP contribution in [0.15, 0.2) is 30.3 Å². The third-order valence-corrected chi connectivity index (χ3v) is 2.45. The van der Waals surface area contributed by atoms with Gasteiger partial charge in [-0.15, -0.1) is 6.42 Å². The van der Waals surface area contributed by atoms with Crippen LogP contribution >= 0.6 is 0 Å². The highest BCUT2D eigenvalue weighted by Gasteiger charge is 2.32. The van der Waals surface area contributed by atoms with Gasteiger partial charge in [-0.1, -0.05) is 36.3 Å². The largest absolute Gasteiger partial charge is 0.465 e. The molecule has 2 heteroatoms. The van der Waals surface area contributed by atoms with Crippen molar-refractivity contribution >= 4 is 5.97 Å². The molecule has 0 aliphatic heterocycles. The molecule has 1 unspecified atom stereocenters. The van der Waals surface area contributed by atoms with E-state index in [1.807, 2.05) is 30.3 Å². The first-order valence-corrected chi connectivity index (χ1v) is 5.31. The summed E-state index contributed by atoms with van der Waals surface area (Å²) in [5.41, 5.74) is 0.160. The molecule has 0 N–H and O–H groups in total. The van der Waals surface area contributed by atoms with Crippen LogP contribution in [0.25, 0.3) is 0 Å². The molecular formula is C14H16O2. The molecule has 0 aromatic heterocycles. The van der Waals surface area contributed by atoms with Crippen LogP contribution in [0.1, 0.15) is 19.4 Å². The third-order valence-electron chi connectivity index (χ3n) is 2.45. The average molecular weight is 216 g/mol. The van der Waals surface area contributed by atoms with Gasteiger partial charge >= 0.3 is 5.97 Å². The molecule has 2 nitrogen and oxygen atoms in total. The quantitative estimate of drug-likeness (QED) is 0.570. The fraction of sp³-hybridized carbons (Fsp3) is 0.357. The Bertz CT molecular complexity index is 389. The Morgan fingerprint density at radius 3 is 2.56 bits per heavy atom. The van der Waals surface area contributed by atoms with Crippen molar-refractivity contribution < 1.29 is 9.53 Å². The zero-order valence-electron chi connectivity index (χ0n) is 9.69. The highest BCUT2D eigenvalue weighted by atomic mass is 16.5. The summed E-state index contributed by atoms with van der Waals surface area (Å²) >= 11 is 0. The summed E-state index contributed by atoms with van der Waals surface area (Å²) < 4.78 is 4.99. The predicted molar refractivity (Wildman–Crippen MR) is 63.7 cm³/mol. The summed E-state index contributed by atoms with van der Waals surface area (Å²) in [6.07, 6.45) is 5.94. The third kappa shape index (κ3) is 2.87. The van der Waals surface area contributed by atoms with E-state index in [9.17, 15) is 4.79 Å². The average Bonchev–Trinajstić information content (AvgIpc) is 2.30. The first-order valence-electron chi connectivity index (χ1n) is 5.31. The molecule has 1 atom stereocenters. The molecular weight excluding hydrogens is 200 g/mol. The number of carbonyl (C=O) groups excluding carboxylic acids is 1. The lowest BCUT2D eigenvalue weighted by atomic mass is 9.84. The molecule has 0 bridgehead atoms. The molecule has 0 aliphatic carbocycles. The van der Waals surface area contributed by atoms with E-state index >= 15 is 0 Å².